The Morgan fingerprint density at radius 3 is 2.68 bits per heavy atom. The third kappa shape index (κ3) is 6.23. The number of carbonyl (C=O) groups is 2. The van der Waals surface area contributed by atoms with Crippen molar-refractivity contribution in [3.63, 3.8) is 0 Å². The molecule has 3 N–H and O–H groups in total. The fourth-order valence-electron chi connectivity index (χ4n) is 1.62. The number of rotatable bonds is 6. The first-order valence-corrected chi connectivity index (χ1v) is 7.67. The quantitative estimate of drug-likeness (QED) is 0.642. The molecule has 8 heteroatoms. The number of amides is 2. The van der Waals surface area contributed by atoms with Gasteiger partial charge in [-0.15, -0.1) is 0 Å². The summed E-state index contributed by atoms with van der Waals surface area (Å²) in [5.74, 6) is -0.933. The average Bonchev–Trinajstić information content (AvgIpc) is 2.63. The summed E-state index contributed by atoms with van der Waals surface area (Å²) in [6.45, 7) is 2.19. The number of carboxylic acids is 1. The molecule has 2 amide bonds. The van der Waals surface area contributed by atoms with Crippen molar-refractivity contribution in [1.82, 2.24) is 10.6 Å². The van der Waals surface area contributed by atoms with Gasteiger partial charge in [0.05, 0.1) is 11.8 Å². The molecule has 7 nitrogen and oxygen atoms in total. The molecule has 2 unspecified atom stereocenters. The van der Waals surface area contributed by atoms with Gasteiger partial charge in [0.2, 0.25) is 0 Å². The van der Waals surface area contributed by atoms with Gasteiger partial charge in [0.25, 0.3) is 0 Å². The molecule has 0 aromatic carbocycles. The van der Waals surface area contributed by atoms with Gasteiger partial charge >= 0.3 is 12.0 Å². The molecule has 2 atom stereocenters. The summed E-state index contributed by atoms with van der Waals surface area (Å²) in [5, 5.41) is 14.7. The lowest BCUT2D eigenvalue weighted by Gasteiger charge is -2.14. The predicted molar refractivity (Wildman–Crippen MR) is 69.3 cm³/mol. The molecule has 0 aliphatic carbocycles. The minimum Gasteiger partial charge on any atom is -0.481 e. The Bertz CT molecular complexity index is 471. The van der Waals surface area contributed by atoms with Crippen molar-refractivity contribution in [3.8, 4) is 0 Å². The molecule has 0 fully saturated rings. The number of carboxylic acid groups (broad SMARTS) is 1. The maximum Gasteiger partial charge on any atom is 0.315 e. The topological polar surface area (TPSA) is 113 Å². The van der Waals surface area contributed by atoms with Crippen molar-refractivity contribution in [1.29, 1.82) is 0 Å². The van der Waals surface area contributed by atoms with E-state index in [2.05, 4.69) is 10.6 Å². The van der Waals surface area contributed by atoms with E-state index < -0.39 is 27.9 Å². The molecule has 1 rings (SSSR count). The van der Waals surface area contributed by atoms with E-state index in [9.17, 15) is 18.0 Å². The highest BCUT2D eigenvalue weighted by Gasteiger charge is 2.22. The molecule has 0 bridgehead atoms. The van der Waals surface area contributed by atoms with Gasteiger partial charge in [-0.3, -0.25) is 4.79 Å². The zero-order chi connectivity index (χ0) is 14.5. The first kappa shape index (κ1) is 15.5. The van der Waals surface area contributed by atoms with Crippen LogP contribution in [0.25, 0.3) is 0 Å². The van der Waals surface area contributed by atoms with Crippen molar-refractivity contribution in [2.75, 3.05) is 12.3 Å². The SMILES string of the molecule is CC(CCC(=O)O)CNC(=O)NC1C=CS(=O)(=O)C1. The van der Waals surface area contributed by atoms with Crippen molar-refractivity contribution in [2.24, 2.45) is 5.92 Å². The Hall–Kier alpha value is -1.57. The van der Waals surface area contributed by atoms with Crippen molar-refractivity contribution in [2.45, 2.75) is 25.8 Å². The molecule has 108 valence electrons. The number of carbonyl (C=O) groups excluding carboxylic acids is 1. The number of hydrogen-bond donors (Lipinski definition) is 3. The van der Waals surface area contributed by atoms with Gasteiger partial charge in [-0.2, -0.15) is 0 Å². The fourth-order valence-corrected chi connectivity index (χ4v) is 2.86. The summed E-state index contributed by atoms with van der Waals surface area (Å²) in [6, 6.07) is -0.951. The van der Waals surface area contributed by atoms with Crippen LogP contribution in [-0.2, 0) is 14.6 Å². The Morgan fingerprint density at radius 1 is 1.47 bits per heavy atom. The van der Waals surface area contributed by atoms with E-state index in [1.807, 2.05) is 6.92 Å². The highest BCUT2D eigenvalue weighted by atomic mass is 32.2. The lowest BCUT2D eigenvalue weighted by atomic mass is 10.1. The molecule has 0 aromatic rings. The maximum absolute atomic E-state index is 11.5. The van der Waals surface area contributed by atoms with Gasteiger partial charge in [0.15, 0.2) is 9.84 Å². The van der Waals surface area contributed by atoms with Gasteiger partial charge < -0.3 is 15.7 Å². The number of hydrogen-bond acceptors (Lipinski definition) is 4. The maximum atomic E-state index is 11.5. The molecule has 19 heavy (non-hydrogen) atoms. The van der Waals surface area contributed by atoms with Gasteiger partial charge in [-0.05, 0) is 18.4 Å². The summed E-state index contributed by atoms with van der Waals surface area (Å²) < 4.78 is 22.2. The molecular weight excluding hydrogens is 272 g/mol. The smallest absolute Gasteiger partial charge is 0.315 e. The molecule has 0 saturated carbocycles. The second kappa shape index (κ2) is 6.55. The third-order valence-corrected chi connectivity index (χ3v) is 4.10. The summed E-state index contributed by atoms with van der Waals surface area (Å²) in [5.41, 5.74) is 0. The number of urea groups is 1. The normalized spacial score (nSPS) is 21.8. The lowest BCUT2D eigenvalue weighted by Crippen LogP contribution is -2.43. The molecule has 1 heterocycles. The van der Waals surface area contributed by atoms with Crippen LogP contribution >= 0.6 is 0 Å². The van der Waals surface area contributed by atoms with Gasteiger partial charge in [0, 0.05) is 18.4 Å². The van der Waals surface area contributed by atoms with Crippen molar-refractivity contribution >= 4 is 21.8 Å². The molecule has 1 aliphatic rings. The Balaban J connectivity index is 2.22. The third-order valence-electron chi connectivity index (χ3n) is 2.71. The minimum atomic E-state index is -3.18. The van der Waals surface area contributed by atoms with Gasteiger partial charge in [0.1, 0.15) is 0 Å². The van der Waals surface area contributed by atoms with Crippen LogP contribution in [0.1, 0.15) is 19.8 Å². The Labute approximate surface area is 112 Å². The largest absolute Gasteiger partial charge is 0.481 e. The number of aliphatic carboxylic acids is 1. The van der Waals surface area contributed by atoms with Crippen LogP contribution in [0.15, 0.2) is 11.5 Å². The molecule has 0 aromatic heterocycles. The van der Waals surface area contributed by atoms with E-state index in [-0.39, 0.29) is 18.1 Å². The van der Waals surface area contributed by atoms with E-state index in [4.69, 9.17) is 5.11 Å². The van der Waals surface area contributed by atoms with E-state index >= 15 is 0 Å². The van der Waals surface area contributed by atoms with E-state index in [0.717, 1.165) is 5.41 Å². The van der Waals surface area contributed by atoms with E-state index in [1.165, 1.54) is 6.08 Å². The van der Waals surface area contributed by atoms with Crippen LogP contribution in [0.5, 0.6) is 0 Å². The summed E-state index contributed by atoms with van der Waals surface area (Å²) in [7, 11) is -3.18. The minimum absolute atomic E-state index is 0.0460. The number of sulfone groups is 1. The van der Waals surface area contributed by atoms with Crippen LogP contribution in [0.4, 0.5) is 4.79 Å². The van der Waals surface area contributed by atoms with E-state index in [1.54, 1.807) is 0 Å². The van der Waals surface area contributed by atoms with Crippen LogP contribution in [0, 0.1) is 5.92 Å². The standard InChI is InChI=1S/C11H18N2O5S/c1-8(2-3-10(14)15)6-12-11(16)13-9-4-5-19(17,18)7-9/h4-5,8-9H,2-3,6-7H2,1H3,(H,14,15)(H2,12,13,16). The first-order valence-electron chi connectivity index (χ1n) is 5.95. The van der Waals surface area contributed by atoms with Gasteiger partial charge in [-0.1, -0.05) is 6.92 Å². The zero-order valence-electron chi connectivity index (χ0n) is 10.6. The Morgan fingerprint density at radius 2 is 2.16 bits per heavy atom. The highest BCUT2D eigenvalue weighted by Crippen LogP contribution is 2.07. The second-order valence-electron chi connectivity index (χ2n) is 4.66. The predicted octanol–water partition coefficient (Wildman–Crippen LogP) is 0.0972. The molecule has 0 saturated heterocycles. The first-order chi connectivity index (χ1) is 8.78. The molecule has 0 radical (unpaired) electrons. The van der Waals surface area contributed by atoms with E-state index in [0.29, 0.717) is 13.0 Å². The molecular formula is C11H18N2O5S. The average molecular weight is 290 g/mol. The second-order valence-corrected chi connectivity index (χ2v) is 6.59. The lowest BCUT2D eigenvalue weighted by molar-refractivity contribution is -0.137. The zero-order valence-corrected chi connectivity index (χ0v) is 11.4. The van der Waals surface area contributed by atoms with Gasteiger partial charge in [-0.25, -0.2) is 13.2 Å². The highest BCUT2D eigenvalue weighted by molar-refractivity contribution is 7.94. The Kier molecular flexibility index (Phi) is 5.34. The fraction of sp³-hybridized carbons (Fsp3) is 0.636. The van der Waals surface area contributed by atoms with Crippen LogP contribution < -0.4 is 10.6 Å². The van der Waals surface area contributed by atoms with Crippen LogP contribution in [0.2, 0.25) is 0 Å². The summed E-state index contributed by atoms with van der Waals surface area (Å²) in [6.07, 6.45) is 1.98. The van der Waals surface area contributed by atoms with Crippen molar-refractivity contribution in [3.05, 3.63) is 11.5 Å². The molecule has 0 spiro atoms. The summed E-state index contributed by atoms with van der Waals surface area (Å²) >= 11 is 0. The monoisotopic (exact) mass is 290 g/mol. The van der Waals surface area contributed by atoms with Crippen LogP contribution in [-0.4, -0.2) is 43.9 Å². The van der Waals surface area contributed by atoms with Crippen molar-refractivity contribution < 1.29 is 23.1 Å². The van der Waals surface area contributed by atoms with Crippen LogP contribution in [0.3, 0.4) is 0 Å². The number of nitrogens with one attached hydrogen (secondary N) is 2. The molecule has 1 aliphatic heterocycles. The summed E-state index contributed by atoms with van der Waals surface area (Å²) in [4.78, 5) is 21.9.